The average Bonchev–Trinajstić information content (AvgIpc) is 2.13. The number of nitrogens with zero attached hydrogens (tertiary/aromatic N) is 1. The van der Waals surface area contributed by atoms with Gasteiger partial charge in [-0.1, -0.05) is 6.08 Å². The van der Waals surface area contributed by atoms with Crippen molar-refractivity contribution in [2.45, 2.75) is 5.60 Å². The van der Waals surface area contributed by atoms with Crippen molar-refractivity contribution in [3.05, 3.63) is 12.7 Å². The highest BCUT2D eigenvalue weighted by atomic mass is 16.5. The zero-order valence-corrected chi connectivity index (χ0v) is 6.92. The maximum absolute atomic E-state index is 9.75. The Balaban J connectivity index is 2.58. The monoisotopic (exact) mass is 157 g/mol. The molecule has 0 aromatic carbocycles. The topological polar surface area (TPSA) is 32.7 Å². The lowest BCUT2D eigenvalue weighted by molar-refractivity contribution is 0.00211. The maximum Gasteiger partial charge on any atom is 0.118 e. The smallest absolute Gasteiger partial charge is 0.118 e. The summed E-state index contributed by atoms with van der Waals surface area (Å²) in [6.45, 7) is 6.10. The van der Waals surface area contributed by atoms with Gasteiger partial charge in [-0.05, 0) is 7.05 Å². The van der Waals surface area contributed by atoms with Gasteiger partial charge in [0, 0.05) is 13.1 Å². The van der Waals surface area contributed by atoms with Gasteiger partial charge in [0.2, 0.25) is 0 Å². The van der Waals surface area contributed by atoms with Crippen LogP contribution in [-0.2, 0) is 4.74 Å². The summed E-state index contributed by atoms with van der Waals surface area (Å²) < 4.78 is 5.21. The summed E-state index contributed by atoms with van der Waals surface area (Å²) in [6.07, 6.45) is 1.55. The van der Waals surface area contributed by atoms with Crippen LogP contribution in [0.1, 0.15) is 0 Å². The fourth-order valence-electron chi connectivity index (χ4n) is 1.18. The summed E-state index contributed by atoms with van der Waals surface area (Å²) in [4.78, 5) is 2.04. The van der Waals surface area contributed by atoms with E-state index in [1.54, 1.807) is 6.08 Å². The first kappa shape index (κ1) is 8.71. The quantitative estimate of drug-likeness (QED) is 0.538. The summed E-state index contributed by atoms with van der Waals surface area (Å²) >= 11 is 0. The Morgan fingerprint density at radius 3 is 3.09 bits per heavy atom. The first-order valence-corrected chi connectivity index (χ1v) is 3.78. The van der Waals surface area contributed by atoms with Gasteiger partial charge in [-0.25, -0.2) is 0 Å². The summed E-state index contributed by atoms with van der Waals surface area (Å²) in [5.74, 6) is 0. The van der Waals surface area contributed by atoms with Crippen molar-refractivity contribution in [3.8, 4) is 0 Å². The van der Waals surface area contributed by atoms with Crippen LogP contribution in [-0.4, -0.2) is 49.0 Å². The van der Waals surface area contributed by atoms with Crippen LogP contribution in [0.3, 0.4) is 0 Å². The largest absolute Gasteiger partial charge is 0.382 e. The molecule has 1 rings (SSSR count). The van der Waals surface area contributed by atoms with E-state index in [-0.39, 0.29) is 0 Å². The number of ether oxygens (including phenoxy) is 1. The van der Waals surface area contributed by atoms with Gasteiger partial charge >= 0.3 is 0 Å². The Labute approximate surface area is 67.3 Å². The molecule has 1 aliphatic heterocycles. The van der Waals surface area contributed by atoms with Crippen LogP contribution in [0.25, 0.3) is 0 Å². The third-order valence-corrected chi connectivity index (χ3v) is 1.89. The predicted molar refractivity (Wildman–Crippen MR) is 43.5 cm³/mol. The van der Waals surface area contributed by atoms with Crippen LogP contribution in [0.5, 0.6) is 0 Å². The zero-order chi connectivity index (χ0) is 8.32. The molecule has 1 atom stereocenters. The molecule has 0 aromatic heterocycles. The Hall–Kier alpha value is -0.380. The van der Waals surface area contributed by atoms with Crippen molar-refractivity contribution in [2.75, 3.05) is 33.4 Å². The van der Waals surface area contributed by atoms with Crippen LogP contribution in [0.15, 0.2) is 12.7 Å². The minimum Gasteiger partial charge on any atom is -0.382 e. The molecule has 1 N–H and O–H groups in total. The zero-order valence-electron chi connectivity index (χ0n) is 6.92. The first-order valence-electron chi connectivity index (χ1n) is 3.78. The van der Waals surface area contributed by atoms with Crippen LogP contribution in [0, 0.1) is 0 Å². The third kappa shape index (κ3) is 2.29. The van der Waals surface area contributed by atoms with Gasteiger partial charge in [0.25, 0.3) is 0 Å². The van der Waals surface area contributed by atoms with Crippen molar-refractivity contribution in [3.63, 3.8) is 0 Å². The fraction of sp³-hybridized carbons (Fsp3) is 0.750. The van der Waals surface area contributed by atoms with Crippen molar-refractivity contribution >= 4 is 0 Å². The minimum atomic E-state index is -0.856. The summed E-state index contributed by atoms with van der Waals surface area (Å²) in [5, 5.41) is 9.75. The summed E-state index contributed by atoms with van der Waals surface area (Å²) in [7, 11) is 1.96. The Morgan fingerprint density at radius 2 is 2.45 bits per heavy atom. The average molecular weight is 157 g/mol. The normalized spacial score (nSPS) is 34.7. The van der Waals surface area contributed by atoms with E-state index in [0.717, 1.165) is 6.54 Å². The van der Waals surface area contributed by atoms with Crippen LogP contribution in [0.2, 0.25) is 0 Å². The van der Waals surface area contributed by atoms with Crippen molar-refractivity contribution < 1.29 is 9.84 Å². The van der Waals surface area contributed by atoms with E-state index in [4.69, 9.17) is 4.74 Å². The molecule has 0 spiro atoms. The minimum absolute atomic E-state index is 0.362. The third-order valence-electron chi connectivity index (χ3n) is 1.89. The molecule has 0 bridgehead atoms. The van der Waals surface area contributed by atoms with Gasteiger partial charge in [0.15, 0.2) is 0 Å². The predicted octanol–water partition coefficient (Wildman–Crippen LogP) is -0.135. The lowest BCUT2D eigenvalue weighted by Crippen LogP contribution is -2.40. The fourth-order valence-corrected chi connectivity index (χ4v) is 1.18. The van der Waals surface area contributed by atoms with Gasteiger partial charge in [-0.15, -0.1) is 6.58 Å². The number of rotatable bonds is 1. The molecule has 11 heavy (non-hydrogen) atoms. The van der Waals surface area contributed by atoms with E-state index in [1.807, 2.05) is 11.9 Å². The van der Waals surface area contributed by atoms with Gasteiger partial charge in [-0.3, -0.25) is 0 Å². The Kier molecular flexibility index (Phi) is 2.65. The molecule has 1 aliphatic rings. The molecule has 64 valence electrons. The second kappa shape index (κ2) is 3.34. The van der Waals surface area contributed by atoms with E-state index in [9.17, 15) is 5.11 Å². The molecule has 1 saturated heterocycles. The van der Waals surface area contributed by atoms with Crippen LogP contribution in [0.4, 0.5) is 0 Å². The Morgan fingerprint density at radius 1 is 1.73 bits per heavy atom. The maximum atomic E-state index is 9.75. The van der Waals surface area contributed by atoms with E-state index >= 15 is 0 Å². The number of hydrogen-bond donors (Lipinski definition) is 1. The lowest BCUT2D eigenvalue weighted by atomic mass is 10.1. The molecule has 3 heteroatoms. The molecule has 0 saturated carbocycles. The van der Waals surface area contributed by atoms with E-state index in [2.05, 4.69) is 6.58 Å². The summed E-state index contributed by atoms with van der Waals surface area (Å²) in [5.41, 5.74) is -0.856. The van der Waals surface area contributed by atoms with Crippen molar-refractivity contribution in [1.29, 1.82) is 0 Å². The molecule has 1 fully saturated rings. The Bertz CT molecular complexity index is 149. The van der Waals surface area contributed by atoms with Gasteiger partial charge in [0.1, 0.15) is 5.60 Å². The van der Waals surface area contributed by atoms with Crippen molar-refractivity contribution in [1.82, 2.24) is 4.90 Å². The number of aliphatic hydroxyl groups is 1. The van der Waals surface area contributed by atoms with E-state index in [1.165, 1.54) is 0 Å². The van der Waals surface area contributed by atoms with Gasteiger partial charge in [-0.2, -0.15) is 0 Å². The molecule has 3 nitrogen and oxygen atoms in total. The van der Waals surface area contributed by atoms with E-state index in [0.29, 0.717) is 19.8 Å². The molecule has 0 aromatic rings. The molecule has 0 radical (unpaired) electrons. The number of hydrogen-bond acceptors (Lipinski definition) is 3. The van der Waals surface area contributed by atoms with Crippen LogP contribution < -0.4 is 0 Å². The highest BCUT2D eigenvalue weighted by molar-refractivity contribution is 4.98. The molecule has 0 amide bonds. The van der Waals surface area contributed by atoms with Crippen LogP contribution >= 0.6 is 0 Å². The van der Waals surface area contributed by atoms with E-state index < -0.39 is 5.60 Å². The molecule has 1 heterocycles. The molecular formula is C8H15NO2. The molecular weight excluding hydrogens is 142 g/mol. The highest BCUT2D eigenvalue weighted by Crippen LogP contribution is 2.11. The highest BCUT2D eigenvalue weighted by Gasteiger charge is 2.27. The van der Waals surface area contributed by atoms with Gasteiger partial charge in [0.05, 0.1) is 13.2 Å². The number of likely N-dealkylation sites (N-methyl/N-ethyl adjacent to an activating group) is 1. The molecule has 1 unspecified atom stereocenters. The first-order chi connectivity index (χ1) is 5.16. The summed E-state index contributed by atoms with van der Waals surface area (Å²) in [6, 6.07) is 0. The lowest BCUT2D eigenvalue weighted by Gasteiger charge is -2.24. The van der Waals surface area contributed by atoms with Gasteiger partial charge < -0.3 is 14.7 Å². The molecule has 0 aliphatic carbocycles. The number of β-amino-alcohol motifs (C(OH)–C–C–N with tert-alkyl or cyclic N) is 1. The van der Waals surface area contributed by atoms with Crippen molar-refractivity contribution in [2.24, 2.45) is 0 Å². The SMILES string of the molecule is C=CC1(O)COCCN(C)C1. The second-order valence-electron chi connectivity index (χ2n) is 3.10. The standard InChI is InChI=1S/C8H15NO2/c1-3-8(10)6-9(2)4-5-11-7-8/h3,10H,1,4-7H2,2H3. The second-order valence-corrected chi connectivity index (χ2v) is 3.10.